The molecule has 1 atom stereocenters. The van der Waals surface area contributed by atoms with Gasteiger partial charge in [-0.2, -0.15) is 5.10 Å². The molecule has 8 nitrogen and oxygen atoms in total. The number of amides is 1. The summed E-state index contributed by atoms with van der Waals surface area (Å²) < 4.78 is 1.55. The average molecular weight is 398 g/mol. The van der Waals surface area contributed by atoms with Crippen molar-refractivity contribution in [3.05, 3.63) is 53.6 Å². The highest BCUT2D eigenvalue weighted by atomic mass is 35.5. The number of nitrogens with one attached hydrogen (secondary N) is 1. The van der Waals surface area contributed by atoms with Gasteiger partial charge in [-0.05, 0) is 49.6 Å². The van der Waals surface area contributed by atoms with Gasteiger partial charge in [0.15, 0.2) is 11.6 Å². The third-order valence-corrected chi connectivity index (χ3v) is 5.34. The topological polar surface area (TPSA) is 88.8 Å². The summed E-state index contributed by atoms with van der Waals surface area (Å²) in [6.45, 7) is 3.34. The maximum absolute atomic E-state index is 12.8. The fraction of sp³-hybridized carbons (Fsp3) is 0.316. The minimum Gasteiger partial charge on any atom is -0.354 e. The second-order valence-electron chi connectivity index (χ2n) is 6.78. The van der Waals surface area contributed by atoms with Crippen LogP contribution in [0, 0.1) is 12.8 Å². The number of rotatable bonds is 4. The van der Waals surface area contributed by atoms with Crippen LogP contribution in [0.4, 0.5) is 11.5 Å². The van der Waals surface area contributed by atoms with Crippen LogP contribution in [0.1, 0.15) is 18.4 Å². The van der Waals surface area contributed by atoms with Gasteiger partial charge in [0.05, 0.1) is 5.92 Å². The third kappa shape index (κ3) is 3.82. The molecule has 2 aromatic heterocycles. The molecule has 1 saturated heterocycles. The predicted octanol–water partition coefficient (Wildman–Crippen LogP) is 2.87. The van der Waals surface area contributed by atoms with E-state index in [0.29, 0.717) is 17.4 Å². The summed E-state index contributed by atoms with van der Waals surface area (Å²) in [5, 5.41) is 16.2. The highest BCUT2D eigenvalue weighted by Crippen LogP contribution is 2.26. The Balaban J connectivity index is 1.44. The van der Waals surface area contributed by atoms with E-state index in [1.807, 2.05) is 37.3 Å². The Bertz CT molecular complexity index is 959. The smallest absolute Gasteiger partial charge is 0.229 e. The minimum absolute atomic E-state index is 0.00209. The van der Waals surface area contributed by atoms with Gasteiger partial charge in [0.2, 0.25) is 5.91 Å². The number of piperidine rings is 1. The predicted molar refractivity (Wildman–Crippen MR) is 107 cm³/mol. The van der Waals surface area contributed by atoms with Crippen LogP contribution in [0.5, 0.6) is 0 Å². The lowest BCUT2D eigenvalue weighted by molar-refractivity contribution is -0.120. The molecule has 0 radical (unpaired) electrons. The van der Waals surface area contributed by atoms with Crippen LogP contribution in [0.2, 0.25) is 5.02 Å². The van der Waals surface area contributed by atoms with Crippen LogP contribution in [0.3, 0.4) is 0 Å². The number of nitrogens with zero attached hydrogens (tertiary/aromatic N) is 6. The van der Waals surface area contributed by atoms with Gasteiger partial charge in [0.1, 0.15) is 12.7 Å². The van der Waals surface area contributed by atoms with Gasteiger partial charge in [-0.15, -0.1) is 10.2 Å². The van der Waals surface area contributed by atoms with Gasteiger partial charge in [-0.3, -0.25) is 4.79 Å². The van der Waals surface area contributed by atoms with Crippen LogP contribution >= 0.6 is 11.6 Å². The van der Waals surface area contributed by atoms with Gasteiger partial charge >= 0.3 is 0 Å². The molecule has 9 heteroatoms. The van der Waals surface area contributed by atoms with Crippen LogP contribution in [-0.2, 0) is 4.79 Å². The number of carbonyl (C=O) groups is 1. The number of hydrogen-bond acceptors (Lipinski definition) is 6. The lowest BCUT2D eigenvalue weighted by atomic mass is 9.97. The maximum atomic E-state index is 12.8. The Labute approximate surface area is 167 Å². The highest BCUT2D eigenvalue weighted by molar-refractivity contribution is 6.31. The zero-order valence-corrected chi connectivity index (χ0v) is 16.2. The number of halogens is 1. The number of aromatic nitrogens is 5. The van der Waals surface area contributed by atoms with Crippen molar-refractivity contribution in [2.24, 2.45) is 5.92 Å². The van der Waals surface area contributed by atoms with Crippen molar-refractivity contribution in [2.45, 2.75) is 19.8 Å². The zero-order valence-electron chi connectivity index (χ0n) is 15.4. The van der Waals surface area contributed by atoms with E-state index in [0.717, 1.165) is 36.5 Å². The molecule has 144 valence electrons. The lowest BCUT2D eigenvalue weighted by Crippen LogP contribution is -2.41. The molecular weight excluding hydrogens is 378 g/mol. The van der Waals surface area contributed by atoms with Gasteiger partial charge in [0.25, 0.3) is 0 Å². The Hall–Kier alpha value is -3.00. The van der Waals surface area contributed by atoms with Crippen LogP contribution < -0.4 is 10.2 Å². The monoisotopic (exact) mass is 397 g/mol. The van der Waals surface area contributed by atoms with Crippen molar-refractivity contribution in [1.82, 2.24) is 25.0 Å². The molecule has 0 saturated carbocycles. The van der Waals surface area contributed by atoms with E-state index in [-0.39, 0.29) is 11.8 Å². The molecule has 1 aromatic carbocycles. The van der Waals surface area contributed by atoms with Gasteiger partial charge in [-0.25, -0.2) is 9.67 Å². The standard InChI is InChI=1S/C19H20ClN7O/c1-13-15(20)5-2-6-16(13)23-19(28)14-4-3-9-26(10-14)17-7-8-18(25-24-17)27-12-21-11-22-27/h2,5-8,11-12,14H,3-4,9-10H2,1H3,(H,23,28). The Morgan fingerprint density at radius 1 is 1.21 bits per heavy atom. The van der Waals surface area contributed by atoms with Crippen LogP contribution in [0.15, 0.2) is 43.0 Å². The second-order valence-corrected chi connectivity index (χ2v) is 7.18. The Morgan fingerprint density at radius 2 is 2.04 bits per heavy atom. The quantitative estimate of drug-likeness (QED) is 0.728. The third-order valence-electron chi connectivity index (χ3n) is 4.93. The molecule has 0 spiro atoms. The van der Waals surface area contributed by atoms with Gasteiger partial charge < -0.3 is 10.2 Å². The summed E-state index contributed by atoms with van der Waals surface area (Å²) in [4.78, 5) is 18.8. The first-order valence-corrected chi connectivity index (χ1v) is 9.49. The van der Waals surface area contributed by atoms with Crippen molar-refractivity contribution in [1.29, 1.82) is 0 Å². The van der Waals surface area contributed by atoms with E-state index in [1.165, 1.54) is 6.33 Å². The van der Waals surface area contributed by atoms with E-state index in [9.17, 15) is 4.79 Å². The van der Waals surface area contributed by atoms with E-state index in [2.05, 4.69) is 30.5 Å². The van der Waals surface area contributed by atoms with E-state index in [1.54, 1.807) is 11.0 Å². The average Bonchev–Trinajstić information content (AvgIpc) is 3.26. The molecular formula is C19H20ClN7O. The normalized spacial score (nSPS) is 16.8. The molecule has 4 rings (SSSR count). The minimum atomic E-state index is -0.121. The first-order chi connectivity index (χ1) is 13.6. The SMILES string of the molecule is Cc1c(Cl)cccc1NC(=O)C1CCCN(c2ccc(-n3cncn3)nn2)C1. The summed E-state index contributed by atoms with van der Waals surface area (Å²) in [5.74, 6) is 1.23. The summed E-state index contributed by atoms with van der Waals surface area (Å²) in [5.41, 5.74) is 1.63. The molecule has 3 aromatic rings. The maximum Gasteiger partial charge on any atom is 0.229 e. The molecule has 0 bridgehead atoms. The van der Waals surface area contributed by atoms with Crippen LogP contribution in [-0.4, -0.2) is 44.0 Å². The molecule has 1 amide bonds. The van der Waals surface area contributed by atoms with Crippen molar-refractivity contribution in [3.8, 4) is 5.82 Å². The molecule has 1 unspecified atom stereocenters. The van der Waals surface area contributed by atoms with Gasteiger partial charge in [0, 0.05) is 23.8 Å². The zero-order chi connectivity index (χ0) is 19.5. The van der Waals surface area contributed by atoms with Crippen molar-refractivity contribution in [2.75, 3.05) is 23.3 Å². The number of hydrogen-bond donors (Lipinski definition) is 1. The lowest BCUT2D eigenvalue weighted by Gasteiger charge is -2.32. The number of anilines is 2. The molecule has 1 fully saturated rings. The Kier molecular flexibility index (Phi) is 5.21. The largest absolute Gasteiger partial charge is 0.354 e. The number of benzene rings is 1. The fourth-order valence-corrected chi connectivity index (χ4v) is 3.49. The van der Waals surface area contributed by atoms with E-state index >= 15 is 0 Å². The first-order valence-electron chi connectivity index (χ1n) is 9.11. The summed E-state index contributed by atoms with van der Waals surface area (Å²) >= 11 is 6.15. The molecule has 28 heavy (non-hydrogen) atoms. The Morgan fingerprint density at radius 3 is 2.79 bits per heavy atom. The second kappa shape index (κ2) is 7.93. The fourth-order valence-electron chi connectivity index (χ4n) is 3.31. The van der Waals surface area contributed by atoms with E-state index in [4.69, 9.17) is 11.6 Å². The summed E-state index contributed by atoms with van der Waals surface area (Å²) in [7, 11) is 0. The molecule has 1 N–H and O–H groups in total. The van der Waals surface area contributed by atoms with Crippen molar-refractivity contribution >= 4 is 29.0 Å². The van der Waals surface area contributed by atoms with Gasteiger partial charge in [-0.1, -0.05) is 17.7 Å². The molecule has 3 heterocycles. The first kappa shape index (κ1) is 18.4. The van der Waals surface area contributed by atoms with E-state index < -0.39 is 0 Å². The summed E-state index contributed by atoms with van der Waals surface area (Å²) in [6.07, 6.45) is 4.78. The van der Waals surface area contributed by atoms with Crippen LogP contribution in [0.25, 0.3) is 5.82 Å². The summed E-state index contributed by atoms with van der Waals surface area (Å²) in [6, 6.07) is 9.26. The molecule has 1 aliphatic heterocycles. The van der Waals surface area contributed by atoms with Crippen molar-refractivity contribution in [3.63, 3.8) is 0 Å². The van der Waals surface area contributed by atoms with Crippen molar-refractivity contribution < 1.29 is 4.79 Å². The molecule has 1 aliphatic rings. The number of carbonyl (C=O) groups excluding carboxylic acids is 1. The highest BCUT2D eigenvalue weighted by Gasteiger charge is 2.27. The molecule has 0 aliphatic carbocycles.